The number of halogens is 2. The minimum atomic E-state index is -0.701. The van der Waals surface area contributed by atoms with E-state index in [0.717, 1.165) is 0 Å². The smallest absolute Gasteiger partial charge is 0.363 e. The van der Waals surface area contributed by atoms with Gasteiger partial charge in [-0.05, 0) is 78.3 Å². The highest BCUT2D eigenvalue weighted by Gasteiger charge is 2.27. The number of aliphatic imine (C=N–C) groups is 1. The Kier molecular flexibility index (Phi) is 10.1. The molecule has 0 fully saturated rings. The Morgan fingerprint density at radius 2 is 1.52 bits per heavy atom. The number of carbonyl (C=O) groups is 2. The summed E-state index contributed by atoms with van der Waals surface area (Å²) in [6, 6.07) is 11.5. The van der Waals surface area contributed by atoms with Gasteiger partial charge in [0, 0.05) is 15.6 Å². The molecule has 0 bridgehead atoms. The van der Waals surface area contributed by atoms with Crippen LogP contribution in [0.5, 0.6) is 34.5 Å². The summed E-state index contributed by atoms with van der Waals surface area (Å²) in [7, 11) is 4.36. The zero-order chi connectivity index (χ0) is 30.4. The number of methoxy groups -OCH3 is 3. The lowest BCUT2D eigenvalue weighted by Gasteiger charge is -2.15. The number of ether oxygens (including phenoxy) is 7. The van der Waals surface area contributed by atoms with Gasteiger partial charge in [-0.3, -0.25) is 0 Å². The summed E-state index contributed by atoms with van der Waals surface area (Å²) in [5.41, 5.74) is 1.07. The Morgan fingerprint density at radius 1 is 0.857 bits per heavy atom. The molecule has 10 nitrogen and oxygen atoms in total. The molecule has 4 rings (SSSR count). The van der Waals surface area contributed by atoms with Gasteiger partial charge in [0.05, 0.1) is 44.6 Å². The zero-order valence-corrected chi connectivity index (χ0v) is 26.6. The monoisotopic (exact) mass is 703 g/mol. The van der Waals surface area contributed by atoms with Crippen LogP contribution in [-0.4, -0.2) is 52.4 Å². The largest absolute Gasteiger partial charge is 0.493 e. The summed E-state index contributed by atoms with van der Waals surface area (Å²) >= 11 is 6.89. The zero-order valence-electron chi connectivity index (χ0n) is 23.4. The predicted octanol–water partition coefficient (Wildman–Crippen LogP) is 6.60. The second kappa shape index (κ2) is 13.8. The molecule has 0 aliphatic carbocycles. The van der Waals surface area contributed by atoms with E-state index >= 15 is 0 Å². The average Bonchev–Trinajstić information content (AvgIpc) is 3.34. The summed E-state index contributed by atoms with van der Waals surface area (Å²) in [6.07, 6.45) is 1.47. The van der Waals surface area contributed by atoms with Gasteiger partial charge in [0.2, 0.25) is 11.6 Å². The Bertz CT molecular complexity index is 1560. The molecule has 12 heteroatoms. The molecule has 0 unspecified atom stereocenters. The molecule has 220 valence electrons. The van der Waals surface area contributed by atoms with Crippen LogP contribution < -0.4 is 28.4 Å². The Labute approximate surface area is 259 Å². The van der Waals surface area contributed by atoms with Crippen LogP contribution in [0.25, 0.3) is 6.08 Å². The van der Waals surface area contributed by atoms with Crippen LogP contribution >= 0.6 is 31.9 Å². The quantitative estimate of drug-likeness (QED) is 0.124. The van der Waals surface area contributed by atoms with E-state index in [2.05, 4.69) is 36.9 Å². The molecule has 0 atom stereocenters. The number of cyclic esters (lactones) is 1. The van der Waals surface area contributed by atoms with Crippen molar-refractivity contribution in [2.24, 2.45) is 4.99 Å². The van der Waals surface area contributed by atoms with Crippen LogP contribution in [0.3, 0.4) is 0 Å². The number of hydrogen-bond donors (Lipinski definition) is 0. The second-order valence-corrected chi connectivity index (χ2v) is 10.2. The fourth-order valence-corrected chi connectivity index (χ4v) is 5.35. The fourth-order valence-electron chi connectivity index (χ4n) is 4.01. The van der Waals surface area contributed by atoms with Gasteiger partial charge in [-0.2, -0.15) is 0 Å². The maximum Gasteiger partial charge on any atom is 0.363 e. The molecule has 0 N–H and O–H groups in total. The third-order valence-electron chi connectivity index (χ3n) is 5.84. The van der Waals surface area contributed by atoms with E-state index in [1.54, 1.807) is 30.3 Å². The summed E-state index contributed by atoms with van der Waals surface area (Å²) < 4.78 is 39.7. The van der Waals surface area contributed by atoms with E-state index in [9.17, 15) is 9.59 Å². The molecule has 0 amide bonds. The van der Waals surface area contributed by atoms with Crippen molar-refractivity contribution in [1.29, 1.82) is 0 Å². The van der Waals surface area contributed by atoms with Crippen molar-refractivity contribution in [3.63, 3.8) is 0 Å². The van der Waals surface area contributed by atoms with Gasteiger partial charge in [0.15, 0.2) is 34.4 Å². The van der Waals surface area contributed by atoms with Gasteiger partial charge in [0.25, 0.3) is 0 Å². The van der Waals surface area contributed by atoms with E-state index in [1.165, 1.54) is 39.5 Å². The molecule has 1 aliphatic heterocycles. The molecular formula is C30H27Br2NO9. The minimum absolute atomic E-state index is 0.00642. The molecule has 0 spiro atoms. The number of rotatable bonds is 11. The highest BCUT2D eigenvalue weighted by Crippen LogP contribution is 2.40. The topological polar surface area (TPSA) is 111 Å². The highest BCUT2D eigenvalue weighted by atomic mass is 79.9. The van der Waals surface area contributed by atoms with Crippen LogP contribution in [0.15, 0.2) is 62.1 Å². The van der Waals surface area contributed by atoms with Crippen LogP contribution in [-0.2, 0) is 9.53 Å². The summed E-state index contributed by atoms with van der Waals surface area (Å²) in [5.74, 6) is 0.868. The summed E-state index contributed by atoms with van der Waals surface area (Å²) in [5, 5.41) is 0. The first kappa shape index (κ1) is 30.9. The molecule has 1 aliphatic rings. The first-order chi connectivity index (χ1) is 20.2. The summed E-state index contributed by atoms with van der Waals surface area (Å²) in [4.78, 5) is 30.5. The lowest BCUT2D eigenvalue weighted by Crippen LogP contribution is -2.11. The van der Waals surface area contributed by atoms with Crippen LogP contribution in [0, 0.1) is 0 Å². The van der Waals surface area contributed by atoms with Gasteiger partial charge in [-0.25, -0.2) is 14.6 Å². The fraction of sp³-hybridized carbons (Fsp3) is 0.233. The second-order valence-electron chi connectivity index (χ2n) is 8.47. The molecule has 0 aromatic heterocycles. The SMILES string of the molecule is CCOc1ccc(C2=NC(=Cc3cc(Br)cc(Br)c3OC(=O)c3cc(OC)c(OC)c(OC)c3)C(=O)O2)cc1OCC. The third kappa shape index (κ3) is 6.71. The Hall–Kier alpha value is -4.03. The number of esters is 2. The summed E-state index contributed by atoms with van der Waals surface area (Å²) in [6.45, 7) is 4.63. The van der Waals surface area contributed by atoms with E-state index in [4.69, 9.17) is 33.2 Å². The Balaban J connectivity index is 1.70. The lowest BCUT2D eigenvalue weighted by molar-refractivity contribution is -0.129. The van der Waals surface area contributed by atoms with Crippen molar-refractivity contribution in [2.75, 3.05) is 34.5 Å². The maximum absolute atomic E-state index is 13.3. The van der Waals surface area contributed by atoms with Gasteiger partial charge >= 0.3 is 11.9 Å². The normalized spacial score (nSPS) is 13.4. The van der Waals surface area contributed by atoms with Gasteiger partial charge < -0.3 is 33.2 Å². The van der Waals surface area contributed by atoms with E-state index < -0.39 is 11.9 Å². The predicted molar refractivity (Wildman–Crippen MR) is 162 cm³/mol. The van der Waals surface area contributed by atoms with Crippen molar-refractivity contribution in [3.8, 4) is 34.5 Å². The van der Waals surface area contributed by atoms with Gasteiger partial charge in [0.1, 0.15) is 0 Å². The molecule has 3 aromatic rings. The van der Waals surface area contributed by atoms with Crippen LogP contribution in [0.4, 0.5) is 0 Å². The van der Waals surface area contributed by atoms with Gasteiger partial charge in [-0.15, -0.1) is 0 Å². The lowest BCUT2D eigenvalue weighted by atomic mass is 10.1. The van der Waals surface area contributed by atoms with Crippen molar-refractivity contribution in [2.45, 2.75) is 13.8 Å². The molecule has 0 saturated carbocycles. The van der Waals surface area contributed by atoms with Crippen molar-refractivity contribution in [3.05, 3.63) is 73.8 Å². The maximum atomic E-state index is 13.3. The standard InChI is InChI=1S/C30H27Br2NO9/c1-6-39-22-9-8-16(12-23(22)40-7-2)28-33-21(30(35)42-28)11-17-10-19(31)15-20(32)26(17)41-29(34)18-13-24(36-3)27(38-5)25(14-18)37-4/h8-15H,6-7H2,1-5H3. The van der Waals surface area contributed by atoms with Crippen molar-refractivity contribution in [1.82, 2.24) is 0 Å². The average molecular weight is 705 g/mol. The van der Waals surface area contributed by atoms with Gasteiger partial charge in [-0.1, -0.05) is 15.9 Å². The molecule has 3 aromatic carbocycles. The molecular weight excluding hydrogens is 678 g/mol. The number of hydrogen-bond acceptors (Lipinski definition) is 10. The van der Waals surface area contributed by atoms with E-state index in [0.29, 0.717) is 62.0 Å². The molecule has 0 radical (unpaired) electrons. The van der Waals surface area contributed by atoms with Crippen LogP contribution in [0.2, 0.25) is 0 Å². The minimum Gasteiger partial charge on any atom is -0.493 e. The molecule has 0 saturated heterocycles. The van der Waals surface area contributed by atoms with E-state index in [1.807, 2.05) is 13.8 Å². The number of benzene rings is 3. The van der Waals surface area contributed by atoms with Crippen LogP contribution in [0.1, 0.15) is 35.3 Å². The van der Waals surface area contributed by atoms with Crippen molar-refractivity contribution < 1.29 is 42.7 Å². The molecule has 1 heterocycles. The number of nitrogens with zero attached hydrogens (tertiary/aromatic N) is 1. The third-order valence-corrected chi connectivity index (χ3v) is 6.88. The van der Waals surface area contributed by atoms with E-state index in [-0.39, 0.29) is 22.9 Å². The number of carbonyl (C=O) groups excluding carboxylic acids is 2. The highest BCUT2D eigenvalue weighted by molar-refractivity contribution is 9.11. The first-order valence-corrected chi connectivity index (χ1v) is 14.2. The van der Waals surface area contributed by atoms with Crippen molar-refractivity contribution >= 4 is 55.8 Å². The molecule has 42 heavy (non-hydrogen) atoms. The Morgan fingerprint density at radius 3 is 2.14 bits per heavy atom. The first-order valence-electron chi connectivity index (χ1n) is 12.7.